The smallest absolute Gasteiger partial charge is 0.233 e. The fourth-order valence-electron chi connectivity index (χ4n) is 3.44. The number of aromatic nitrogens is 4. The van der Waals surface area contributed by atoms with E-state index in [0.29, 0.717) is 22.5 Å². The predicted molar refractivity (Wildman–Crippen MR) is 112 cm³/mol. The summed E-state index contributed by atoms with van der Waals surface area (Å²) in [4.78, 5) is 18.7. The lowest BCUT2D eigenvalue weighted by atomic mass is 10.1. The second kappa shape index (κ2) is 9.09. The highest BCUT2D eigenvalue weighted by atomic mass is 32.2. The van der Waals surface area contributed by atoms with Crippen molar-refractivity contribution in [2.24, 2.45) is 0 Å². The molecule has 3 heterocycles. The van der Waals surface area contributed by atoms with Crippen molar-refractivity contribution in [3.63, 3.8) is 0 Å². The second-order valence-electron chi connectivity index (χ2n) is 6.78. The minimum atomic E-state index is 0.148. The molecule has 1 amide bonds. The molecule has 0 N–H and O–H groups in total. The molecule has 0 atom stereocenters. The summed E-state index contributed by atoms with van der Waals surface area (Å²) in [5, 5.41) is 9.46. The molecule has 0 spiro atoms. The number of hydrogen-bond donors (Lipinski definition) is 0. The van der Waals surface area contributed by atoms with Gasteiger partial charge in [-0.25, -0.2) is 0 Å². The third-order valence-electron chi connectivity index (χ3n) is 4.93. The van der Waals surface area contributed by atoms with E-state index in [4.69, 9.17) is 4.74 Å². The number of likely N-dealkylation sites (tertiary alicyclic amines) is 1. The molecule has 1 aliphatic rings. The molecular weight excluding hydrogens is 386 g/mol. The van der Waals surface area contributed by atoms with E-state index >= 15 is 0 Å². The largest absolute Gasteiger partial charge is 0.495 e. The third-order valence-corrected chi connectivity index (χ3v) is 5.85. The number of ether oxygens (including phenoxy) is 1. The van der Waals surface area contributed by atoms with E-state index in [-0.39, 0.29) is 5.91 Å². The number of pyridine rings is 1. The summed E-state index contributed by atoms with van der Waals surface area (Å²) in [7, 11) is 1.64. The zero-order chi connectivity index (χ0) is 20.1. The van der Waals surface area contributed by atoms with Crippen molar-refractivity contribution in [1.29, 1.82) is 0 Å². The molecule has 7 nitrogen and oxygen atoms in total. The van der Waals surface area contributed by atoms with Crippen molar-refractivity contribution in [2.45, 2.75) is 24.4 Å². The van der Waals surface area contributed by atoms with Crippen LogP contribution >= 0.6 is 11.8 Å². The molecule has 4 rings (SSSR count). The van der Waals surface area contributed by atoms with Crippen LogP contribution in [0.5, 0.6) is 5.75 Å². The number of rotatable bonds is 6. The lowest BCUT2D eigenvalue weighted by Gasteiger charge is -2.26. The van der Waals surface area contributed by atoms with Crippen LogP contribution in [0, 0.1) is 0 Å². The number of amides is 1. The van der Waals surface area contributed by atoms with Crippen LogP contribution in [0.4, 0.5) is 0 Å². The van der Waals surface area contributed by atoms with Gasteiger partial charge in [0.15, 0.2) is 11.0 Å². The lowest BCUT2D eigenvalue weighted by molar-refractivity contribution is -0.129. The van der Waals surface area contributed by atoms with Crippen molar-refractivity contribution in [1.82, 2.24) is 24.6 Å². The van der Waals surface area contributed by atoms with E-state index in [1.807, 2.05) is 45.9 Å². The summed E-state index contributed by atoms with van der Waals surface area (Å²) in [5.41, 5.74) is 1.73. The Hall–Kier alpha value is -2.87. The van der Waals surface area contributed by atoms with Crippen molar-refractivity contribution in [3.05, 3.63) is 48.8 Å². The molecule has 1 saturated heterocycles. The van der Waals surface area contributed by atoms with Crippen LogP contribution in [-0.4, -0.2) is 56.5 Å². The van der Waals surface area contributed by atoms with Crippen LogP contribution in [0.3, 0.4) is 0 Å². The van der Waals surface area contributed by atoms with Gasteiger partial charge in [0.25, 0.3) is 0 Å². The van der Waals surface area contributed by atoms with Gasteiger partial charge < -0.3 is 9.64 Å². The van der Waals surface area contributed by atoms with E-state index in [1.54, 1.807) is 19.5 Å². The van der Waals surface area contributed by atoms with E-state index in [0.717, 1.165) is 37.2 Å². The number of nitrogens with zero attached hydrogens (tertiary/aromatic N) is 5. The Morgan fingerprint density at radius 2 is 1.83 bits per heavy atom. The molecule has 1 aromatic carbocycles. The standard InChI is InChI=1S/C21H23N5O2S/c1-28-18-8-4-3-7-17(18)26-20(16-9-11-22-12-10-16)23-24-21(26)29-15-19(27)25-13-5-2-6-14-25/h3-4,7-12H,2,5-6,13-15H2,1H3. The first kappa shape index (κ1) is 19.4. The Bertz CT molecular complexity index is 970. The Morgan fingerprint density at radius 1 is 1.07 bits per heavy atom. The Kier molecular flexibility index (Phi) is 6.09. The molecule has 2 aromatic heterocycles. The van der Waals surface area contributed by atoms with Gasteiger partial charge in [-0.3, -0.25) is 14.3 Å². The van der Waals surface area contributed by atoms with E-state index in [1.165, 1.54) is 18.2 Å². The van der Waals surface area contributed by atoms with Gasteiger partial charge in [-0.15, -0.1) is 10.2 Å². The molecule has 0 radical (unpaired) electrons. The third kappa shape index (κ3) is 4.27. The Morgan fingerprint density at radius 3 is 2.59 bits per heavy atom. The molecule has 1 aliphatic heterocycles. The SMILES string of the molecule is COc1ccccc1-n1c(SCC(=O)N2CCCCC2)nnc1-c1ccncc1. The molecule has 8 heteroatoms. The van der Waals surface area contributed by atoms with Crippen LogP contribution in [-0.2, 0) is 4.79 Å². The predicted octanol–water partition coefficient (Wildman–Crippen LogP) is 3.44. The van der Waals surface area contributed by atoms with Crippen LogP contribution in [0.1, 0.15) is 19.3 Å². The lowest BCUT2D eigenvalue weighted by Crippen LogP contribution is -2.36. The number of carbonyl (C=O) groups excluding carboxylic acids is 1. The normalized spacial score (nSPS) is 14.0. The van der Waals surface area contributed by atoms with Crippen molar-refractivity contribution < 1.29 is 9.53 Å². The summed E-state index contributed by atoms with van der Waals surface area (Å²) < 4.78 is 7.51. The summed E-state index contributed by atoms with van der Waals surface area (Å²) in [5.74, 6) is 1.88. The summed E-state index contributed by atoms with van der Waals surface area (Å²) in [6.07, 6.45) is 6.82. The van der Waals surface area contributed by atoms with Gasteiger partial charge in [-0.1, -0.05) is 23.9 Å². The first-order valence-corrected chi connectivity index (χ1v) is 10.7. The van der Waals surface area contributed by atoms with Gasteiger partial charge in [0.05, 0.1) is 18.6 Å². The minimum absolute atomic E-state index is 0.148. The first-order valence-electron chi connectivity index (χ1n) is 9.67. The summed E-state index contributed by atoms with van der Waals surface area (Å²) in [6, 6.07) is 11.5. The number of thioether (sulfide) groups is 1. The van der Waals surface area contributed by atoms with Gasteiger partial charge >= 0.3 is 0 Å². The molecule has 1 fully saturated rings. The van der Waals surface area contributed by atoms with E-state index < -0.39 is 0 Å². The molecule has 0 aliphatic carbocycles. The number of piperidine rings is 1. The highest BCUT2D eigenvalue weighted by Crippen LogP contribution is 2.32. The summed E-state index contributed by atoms with van der Waals surface area (Å²) in [6.45, 7) is 1.70. The molecule has 29 heavy (non-hydrogen) atoms. The maximum absolute atomic E-state index is 12.6. The highest BCUT2D eigenvalue weighted by Gasteiger charge is 2.22. The second-order valence-corrected chi connectivity index (χ2v) is 7.72. The Labute approximate surface area is 174 Å². The maximum atomic E-state index is 12.6. The molecule has 0 unspecified atom stereocenters. The zero-order valence-electron chi connectivity index (χ0n) is 16.3. The topological polar surface area (TPSA) is 73.1 Å². The zero-order valence-corrected chi connectivity index (χ0v) is 17.1. The van der Waals surface area contributed by atoms with E-state index in [9.17, 15) is 4.79 Å². The van der Waals surface area contributed by atoms with Gasteiger partial charge in [-0.05, 0) is 43.5 Å². The fraction of sp³-hybridized carbons (Fsp3) is 0.333. The van der Waals surface area contributed by atoms with Gasteiger partial charge in [0.2, 0.25) is 5.91 Å². The Balaban J connectivity index is 1.67. The van der Waals surface area contributed by atoms with E-state index in [2.05, 4.69) is 15.2 Å². The highest BCUT2D eigenvalue weighted by molar-refractivity contribution is 7.99. The fourth-order valence-corrected chi connectivity index (χ4v) is 4.29. The quantitative estimate of drug-likeness (QED) is 0.581. The maximum Gasteiger partial charge on any atom is 0.233 e. The van der Waals surface area contributed by atoms with Crippen molar-refractivity contribution in [3.8, 4) is 22.8 Å². The van der Waals surface area contributed by atoms with Crippen LogP contribution in [0.15, 0.2) is 53.9 Å². The minimum Gasteiger partial charge on any atom is -0.495 e. The average molecular weight is 410 g/mol. The van der Waals surface area contributed by atoms with Crippen molar-refractivity contribution in [2.75, 3.05) is 26.0 Å². The van der Waals surface area contributed by atoms with Crippen LogP contribution in [0.2, 0.25) is 0 Å². The molecule has 150 valence electrons. The van der Waals surface area contributed by atoms with Crippen LogP contribution < -0.4 is 4.74 Å². The van der Waals surface area contributed by atoms with Crippen molar-refractivity contribution >= 4 is 17.7 Å². The van der Waals surface area contributed by atoms with Crippen LogP contribution in [0.25, 0.3) is 17.1 Å². The molecule has 0 saturated carbocycles. The first-order chi connectivity index (χ1) is 14.3. The van der Waals surface area contributed by atoms with Gasteiger partial charge in [0, 0.05) is 31.0 Å². The number of hydrogen-bond acceptors (Lipinski definition) is 6. The molecular formula is C21H23N5O2S. The number of carbonyl (C=O) groups is 1. The van der Waals surface area contributed by atoms with Gasteiger partial charge in [0.1, 0.15) is 5.75 Å². The number of para-hydroxylation sites is 2. The molecule has 3 aromatic rings. The molecule has 0 bridgehead atoms. The number of benzene rings is 1. The number of methoxy groups -OCH3 is 1. The van der Waals surface area contributed by atoms with Gasteiger partial charge in [-0.2, -0.15) is 0 Å². The average Bonchev–Trinajstić information content (AvgIpc) is 3.22. The summed E-state index contributed by atoms with van der Waals surface area (Å²) >= 11 is 1.41. The monoisotopic (exact) mass is 409 g/mol.